The van der Waals surface area contributed by atoms with Crippen LogP contribution in [-0.4, -0.2) is 59.0 Å². The molecule has 0 aliphatic heterocycles. The van der Waals surface area contributed by atoms with Gasteiger partial charge in [-0.05, 0) is 68.9 Å². The first kappa shape index (κ1) is 30.3. The number of fused-ring (bicyclic) bond motifs is 1. The van der Waals surface area contributed by atoms with E-state index in [0.29, 0.717) is 11.8 Å². The van der Waals surface area contributed by atoms with Crippen molar-refractivity contribution in [3.8, 4) is 10.4 Å². The van der Waals surface area contributed by atoms with E-state index in [4.69, 9.17) is 10.1 Å². The molecule has 0 spiro atoms. The second-order valence-electron chi connectivity index (χ2n) is 9.44. The molecule has 8 nitrogen and oxygen atoms in total. The Morgan fingerprint density at radius 3 is 2.67 bits per heavy atom. The van der Waals surface area contributed by atoms with Crippen molar-refractivity contribution in [1.82, 2.24) is 15.3 Å². The highest BCUT2D eigenvalue weighted by molar-refractivity contribution is 7.15. The van der Waals surface area contributed by atoms with Crippen molar-refractivity contribution < 1.29 is 28.2 Å². The normalized spacial score (nSPS) is 20.5. The fraction of sp³-hybridized carbons (Fsp3) is 0.481. The Labute approximate surface area is 229 Å². The molecule has 1 fully saturated rings. The number of carboxylic acid groups (broad SMARTS) is 1. The van der Waals surface area contributed by atoms with Crippen LogP contribution >= 0.6 is 11.3 Å². The third-order valence-electron chi connectivity index (χ3n) is 7.19. The van der Waals surface area contributed by atoms with Crippen molar-refractivity contribution in [2.24, 2.45) is 21.8 Å². The topological polar surface area (TPSA) is 123 Å². The van der Waals surface area contributed by atoms with Crippen LogP contribution in [0.4, 0.5) is 13.2 Å². The predicted molar refractivity (Wildman–Crippen MR) is 148 cm³/mol. The van der Waals surface area contributed by atoms with E-state index in [1.54, 1.807) is 11.3 Å². The van der Waals surface area contributed by atoms with Crippen molar-refractivity contribution in [1.29, 1.82) is 0 Å². The van der Waals surface area contributed by atoms with Gasteiger partial charge in [-0.15, -0.1) is 11.3 Å². The maximum Gasteiger partial charge on any atom is 0.433 e. The Kier molecular flexibility index (Phi) is 10.6. The number of aliphatic carboxylic acids is 1. The molecular weight excluding hydrogens is 531 g/mol. The van der Waals surface area contributed by atoms with E-state index in [9.17, 15) is 23.1 Å². The minimum absolute atomic E-state index is 0.151. The molecule has 2 aromatic rings. The first-order chi connectivity index (χ1) is 18.7. The highest BCUT2D eigenvalue weighted by atomic mass is 32.1. The summed E-state index contributed by atoms with van der Waals surface area (Å²) in [6.45, 7) is 5.28. The monoisotopic (exact) mass is 565 g/mol. The van der Waals surface area contributed by atoms with Crippen LogP contribution in [-0.2, 0) is 11.2 Å². The number of alkyl halides is 3. The summed E-state index contributed by atoms with van der Waals surface area (Å²) >= 11 is 1.70. The highest BCUT2D eigenvalue weighted by Crippen LogP contribution is 2.42. The number of H-pyrrole nitrogens is 1. The zero-order chi connectivity index (χ0) is 28.6. The number of aromatic amines is 1. The zero-order valence-corrected chi connectivity index (χ0v) is 22.8. The van der Waals surface area contributed by atoms with E-state index in [1.165, 1.54) is 5.56 Å². The van der Waals surface area contributed by atoms with E-state index < -0.39 is 17.8 Å². The van der Waals surface area contributed by atoms with Gasteiger partial charge in [0.1, 0.15) is 12.4 Å². The maximum atomic E-state index is 12.6. The van der Waals surface area contributed by atoms with Gasteiger partial charge in [0.05, 0.1) is 15.8 Å². The molecule has 39 heavy (non-hydrogen) atoms. The van der Waals surface area contributed by atoms with Gasteiger partial charge in [0.15, 0.2) is 0 Å². The largest absolute Gasteiger partial charge is 0.481 e. The SMILES string of the molecule is C=N/C(=C\C=N/CNC1=Cc2[nH]cc(-c3cnc(C(C)C4CCC(C(=O)O)CC4)s3)c2CC1)C(F)(F)F.CO. The fourth-order valence-electron chi connectivity index (χ4n) is 4.98. The number of thiazole rings is 1. The summed E-state index contributed by atoms with van der Waals surface area (Å²) in [5.74, 6) is -0.145. The van der Waals surface area contributed by atoms with Crippen LogP contribution < -0.4 is 5.32 Å². The Hall–Kier alpha value is -3.25. The van der Waals surface area contributed by atoms with Crippen LogP contribution in [0.1, 0.15) is 61.2 Å². The van der Waals surface area contributed by atoms with Crippen LogP contribution in [0, 0.1) is 11.8 Å². The van der Waals surface area contributed by atoms with E-state index >= 15 is 0 Å². The number of hydrogen-bond donors (Lipinski definition) is 4. The molecule has 2 aromatic heterocycles. The second-order valence-corrected chi connectivity index (χ2v) is 10.5. The number of aliphatic hydroxyl groups is 1. The number of nitrogens with zero attached hydrogens (tertiary/aromatic N) is 3. The summed E-state index contributed by atoms with van der Waals surface area (Å²) < 4.78 is 37.9. The van der Waals surface area contributed by atoms with Crippen molar-refractivity contribution >= 4 is 36.3 Å². The number of hydrogen-bond acceptors (Lipinski definition) is 7. The lowest BCUT2D eigenvalue weighted by Crippen LogP contribution is -2.23. The number of aromatic nitrogens is 2. The molecule has 1 unspecified atom stereocenters. The lowest BCUT2D eigenvalue weighted by Gasteiger charge is -2.29. The van der Waals surface area contributed by atoms with Crippen LogP contribution in [0.5, 0.6) is 0 Å². The number of carboxylic acids is 1. The lowest BCUT2D eigenvalue weighted by molar-refractivity contribution is -0.143. The molecular formula is C27H34F3N5O3S. The lowest BCUT2D eigenvalue weighted by atomic mass is 9.76. The molecule has 0 aromatic carbocycles. The first-order valence-electron chi connectivity index (χ1n) is 12.7. The van der Waals surface area contributed by atoms with Gasteiger partial charge in [0.25, 0.3) is 0 Å². The molecule has 1 saturated carbocycles. The Bertz CT molecular complexity index is 1220. The van der Waals surface area contributed by atoms with Gasteiger partial charge in [-0.3, -0.25) is 14.8 Å². The van der Waals surface area contributed by atoms with Gasteiger partial charge in [0, 0.05) is 48.6 Å². The molecule has 0 saturated heterocycles. The molecule has 4 N–H and O–H groups in total. The Balaban J connectivity index is 0.00000205. The molecule has 0 bridgehead atoms. The molecule has 2 aliphatic carbocycles. The van der Waals surface area contributed by atoms with Gasteiger partial charge in [-0.1, -0.05) is 6.92 Å². The third kappa shape index (κ3) is 7.66. The van der Waals surface area contributed by atoms with E-state index in [2.05, 4.69) is 33.9 Å². The zero-order valence-electron chi connectivity index (χ0n) is 22.0. The highest BCUT2D eigenvalue weighted by Gasteiger charge is 2.33. The summed E-state index contributed by atoms with van der Waals surface area (Å²) in [6.07, 6.45) is 8.14. The second kappa shape index (κ2) is 13.7. The molecule has 1 atom stereocenters. The van der Waals surface area contributed by atoms with Crippen LogP contribution in [0.15, 0.2) is 39.8 Å². The van der Waals surface area contributed by atoms with Gasteiger partial charge in [-0.25, -0.2) is 4.98 Å². The molecule has 0 radical (unpaired) electrons. The average Bonchev–Trinajstić information content (AvgIpc) is 3.58. The number of allylic oxidation sites excluding steroid dienone is 3. The van der Waals surface area contributed by atoms with Gasteiger partial charge in [0.2, 0.25) is 0 Å². The number of rotatable bonds is 9. The molecule has 2 heterocycles. The van der Waals surface area contributed by atoms with Crippen molar-refractivity contribution in [2.75, 3.05) is 13.8 Å². The summed E-state index contributed by atoms with van der Waals surface area (Å²) in [7, 11) is 1.00. The van der Waals surface area contributed by atoms with Crippen LogP contribution in [0.2, 0.25) is 0 Å². The quantitative estimate of drug-likeness (QED) is 0.287. The van der Waals surface area contributed by atoms with E-state index in [0.717, 1.165) is 84.8 Å². The van der Waals surface area contributed by atoms with Gasteiger partial charge in [-0.2, -0.15) is 13.2 Å². The van der Waals surface area contributed by atoms with Crippen molar-refractivity contribution in [3.05, 3.63) is 46.1 Å². The number of nitrogens with one attached hydrogen (secondary N) is 2. The van der Waals surface area contributed by atoms with Gasteiger partial charge >= 0.3 is 12.1 Å². The fourth-order valence-corrected chi connectivity index (χ4v) is 6.09. The molecule has 2 aliphatic rings. The van der Waals surface area contributed by atoms with E-state index in [1.807, 2.05) is 18.5 Å². The predicted octanol–water partition coefficient (Wildman–Crippen LogP) is 5.79. The molecule has 4 rings (SSSR count). The summed E-state index contributed by atoms with van der Waals surface area (Å²) in [5, 5.41) is 20.5. The minimum Gasteiger partial charge on any atom is -0.481 e. The number of aliphatic hydroxyl groups excluding tert-OH is 1. The third-order valence-corrected chi connectivity index (χ3v) is 8.42. The van der Waals surface area contributed by atoms with Crippen LogP contribution in [0.25, 0.3) is 16.5 Å². The van der Waals surface area contributed by atoms with Crippen LogP contribution in [0.3, 0.4) is 0 Å². The number of carbonyl (C=O) groups is 1. The minimum atomic E-state index is -4.55. The molecule has 212 valence electrons. The molecule has 12 heteroatoms. The number of aliphatic imine (C=N–C) groups is 2. The summed E-state index contributed by atoms with van der Waals surface area (Å²) in [4.78, 5) is 27.3. The average molecular weight is 566 g/mol. The Morgan fingerprint density at radius 1 is 1.31 bits per heavy atom. The molecule has 0 amide bonds. The summed E-state index contributed by atoms with van der Waals surface area (Å²) in [5.41, 5.74) is 3.22. The summed E-state index contributed by atoms with van der Waals surface area (Å²) in [6, 6.07) is 0. The van der Waals surface area contributed by atoms with E-state index in [-0.39, 0.29) is 12.6 Å². The Morgan fingerprint density at radius 2 is 2.03 bits per heavy atom. The van der Waals surface area contributed by atoms with Crippen molar-refractivity contribution in [2.45, 2.75) is 57.5 Å². The number of halogens is 3. The smallest absolute Gasteiger partial charge is 0.433 e. The van der Waals surface area contributed by atoms with Crippen molar-refractivity contribution in [3.63, 3.8) is 0 Å². The standard InChI is InChI=1S/C26H30F3N5O2S.CH4O/c1-15(16-3-5-17(6-4-16)25(35)36)24-33-13-22(37-24)20-12-32-21-11-18(7-8-19(20)21)34-14-31-10-9-23(30-2)26(27,28)29;1-2/h9-13,15-17,32,34H,2-8,14H2,1H3,(H,35,36);2H,1H3/b23-9-,31-10-;. The van der Waals surface area contributed by atoms with Gasteiger partial charge < -0.3 is 20.5 Å². The first-order valence-corrected chi connectivity index (χ1v) is 13.5. The maximum absolute atomic E-state index is 12.6.